The molecular formula is C3H7O3P. The van der Waals surface area contributed by atoms with E-state index >= 15 is 0 Å². The highest BCUT2D eigenvalue weighted by atomic mass is 31.1. The molecule has 0 aliphatic rings. The molecule has 1 unspecified atom stereocenters. The van der Waals surface area contributed by atoms with E-state index in [1.54, 1.807) is 0 Å². The van der Waals surface area contributed by atoms with Gasteiger partial charge in [-0.3, -0.25) is 4.57 Å². The summed E-state index contributed by atoms with van der Waals surface area (Å²) in [5.41, 5.74) is 0. The lowest BCUT2D eigenvalue weighted by Crippen LogP contribution is -2.12. The molecular weight excluding hydrogens is 115 g/mol. The molecule has 0 saturated carbocycles. The van der Waals surface area contributed by atoms with Crippen molar-refractivity contribution in [2.45, 2.75) is 6.10 Å². The fourth-order valence-electron chi connectivity index (χ4n) is 0.144. The molecule has 0 spiro atoms. The number of hydrogen-bond donors (Lipinski definition) is 2. The van der Waals surface area contributed by atoms with Crippen molar-refractivity contribution >= 4 is 8.46 Å². The van der Waals surface area contributed by atoms with E-state index in [-0.39, 0.29) is 21.2 Å². The van der Waals surface area contributed by atoms with E-state index in [0.29, 0.717) is 0 Å². The monoisotopic (exact) mass is 122 g/mol. The van der Waals surface area contributed by atoms with Gasteiger partial charge in [-0.15, -0.1) is 0 Å². The lowest BCUT2D eigenvalue weighted by atomic mass is 10.4. The Hall–Kier alpha value is 0.0200. The molecule has 0 aromatic rings. The third-order valence-electron chi connectivity index (χ3n) is 0.496. The molecule has 0 radical (unpaired) electrons. The number of hydrogen-bond acceptors (Lipinski definition) is 3. The predicted molar refractivity (Wildman–Crippen MR) is 25.6 cm³/mol. The van der Waals surface area contributed by atoms with Crippen LogP contribution in [0.15, 0.2) is 0 Å². The molecule has 0 aromatic carbocycles. The van der Waals surface area contributed by atoms with Crippen LogP contribution in [-0.4, -0.2) is 29.1 Å². The van der Waals surface area contributed by atoms with Crippen molar-refractivity contribution < 1.29 is 14.8 Å². The summed E-state index contributed by atoms with van der Waals surface area (Å²) in [5.74, 6) is 0. The molecule has 0 bridgehead atoms. The molecule has 7 heavy (non-hydrogen) atoms. The van der Waals surface area contributed by atoms with Gasteiger partial charge in [0.2, 0.25) is 0 Å². The maximum atomic E-state index is 9.60. The summed E-state index contributed by atoms with van der Waals surface area (Å²) < 4.78 is 9.60. The van der Waals surface area contributed by atoms with E-state index < -0.39 is 6.10 Å². The molecule has 1 atom stereocenters. The van der Waals surface area contributed by atoms with Crippen molar-refractivity contribution in [3.05, 3.63) is 0 Å². The van der Waals surface area contributed by atoms with Gasteiger partial charge >= 0.3 is 0 Å². The van der Waals surface area contributed by atoms with E-state index in [4.69, 9.17) is 10.2 Å². The van der Waals surface area contributed by atoms with Crippen LogP contribution in [0.1, 0.15) is 0 Å². The molecule has 0 aliphatic carbocycles. The van der Waals surface area contributed by atoms with E-state index in [0.717, 1.165) is 0 Å². The van der Waals surface area contributed by atoms with E-state index in [9.17, 15) is 4.57 Å². The van der Waals surface area contributed by atoms with Crippen LogP contribution in [0.5, 0.6) is 0 Å². The third-order valence-corrected chi connectivity index (χ3v) is 1.07. The van der Waals surface area contributed by atoms with Gasteiger partial charge < -0.3 is 10.2 Å². The molecule has 0 fully saturated rings. The summed E-state index contributed by atoms with van der Waals surface area (Å²) >= 11 is 0. The zero-order valence-electron chi connectivity index (χ0n) is 3.74. The SMILES string of the molecule is O=PCC(O)CO. The molecule has 3 nitrogen and oxygen atoms in total. The third kappa shape index (κ3) is 3.86. The van der Waals surface area contributed by atoms with Gasteiger partial charge in [-0.05, 0) is 0 Å². The Balaban J connectivity index is 2.98. The average molecular weight is 122 g/mol. The van der Waals surface area contributed by atoms with Crippen LogP contribution < -0.4 is 0 Å². The van der Waals surface area contributed by atoms with Crippen LogP contribution in [0.3, 0.4) is 0 Å². The zero-order valence-corrected chi connectivity index (χ0v) is 4.64. The molecule has 0 saturated heterocycles. The van der Waals surface area contributed by atoms with Crippen molar-refractivity contribution in [1.29, 1.82) is 0 Å². The highest BCUT2D eigenvalue weighted by molar-refractivity contribution is 7.23. The molecule has 0 rings (SSSR count). The normalized spacial score (nSPS) is 14.6. The predicted octanol–water partition coefficient (Wildman–Crippen LogP) is -0.369. The van der Waals surface area contributed by atoms with Crippen molar-refractivity contribution in [3.8, 4) is 0 Å². The average Bonchev–Trinajstić information content (AvgIpc) is 1.68. The quantitative estimate of drug-likeness (QED) is 0.502. The summed E-state index contributed by atoms with van der Waals surface area (Å²) in [6.07, 6.45) is -0.699. The summed E-state index contributed by atoms with van der Waals surface area (Å²) in [4.78, 5) is 0. The minimum Gasteiger partial charge on any atom is -0.394 e. The van der Waals surface area contributed by atoms with Gasteiger partial charge in [0.1, 0.15) is 0 Å². The van der Waals surface area contributed by atoms with E-state index in [2.05, 4.69) is 0 Å². The number of aliphatic hydroxyl groups is 2. The second-order valence-corrected chi connectivity index (χ2v) is 1.77. The molecule has 2 N–H and O–H groups in total. The number of aliphatic hydroxyl groups excluding tert-OH is 2. The Morgan fingerprint density at radius 2 is 2.29 bits per heavy atom. The van der Waals surface area contributed by atoms with Gasteiger partial charge in [0.25, 0.3) is 0 Å². The van der Waals surface area contributed by atoms with Gasteiger partial charge in [0.15, 0.2) is 8.46 Å². The number of rotatable bonds is 3. The second-order valence-electron chi connectivity index (χ2n) is 1.15. The highest BCUT2D eigenvalue weighted by Gasteiger charge is 1.97. The van der Waals surface area contributed by atoms with Crippen LogP contribution in [-0.2, 0) is 4.57 Å². The van der Waals surface area contributed by atoms with Crippen LogP contribution in [0.2, 0.25) is 0 Å². The molecule has 42 valence electrons. The van der Waals surface area contributed by atoms with Crippen LogP contribution in [0, 0.1) is 0 Å². The molecule has 4 heteroatoms. The van der Waals surface area contributed by atoms with Gasteiger partial charge in [-0.25, -0.2) is 0 Å². The Morgan fingerprint density at radius 1 is 1.71 bits per heavy atom. The first-order valence-electron chi connectivity index (χ1n) is 1.89. The maximum absolute atomic E-state index is 9.60. The first-order valence-corrected chi connectivity index (χ1v) is 2.89. The summed E-state index contributed by atoms with van der Waals surface area (Å²) in [7, 11) is -0.120. The van der Waals surface area contributed by atoms with Crippen LogP contribution in [0.4, 0.5) is 0 Å². The summed E-state index contributed by atoms with van der Waals surface area (Å²) in [6, 6.07) is 0. The summed E-state index contributed by atoms with van der Waals surface area (Å²) in [6.45, 7) is -0.310. The topological polar surface area (TPSA) is 57.5 Å². The van der Waals surface area contributed by atoms with Crippen molar-refractivity contribution in [2.24, 2.45) is 0 Å². The van der Waals surface area contributed by atoms with Gasteiger partial charge in [-0.2, -0.15) is 0 Å². The Labute approximate surface area is 43.2 Å². The van der Waals surface area contributed by atoms with E-state index in [1.807, 2.05) is 0 Å². The fourth-order valence-corrected chi connectivity index (χ4v) is 0.431. The minimum atomic E-state index is -0.820. The smallest absolute Gasteiger partial charge is 0.158 e. The molecule has 0 aliphatic heterocycles. The second kappa shape index (κ2) is 4.19. The highest BCUT2D eigenvalue weighted by Crippen LogP contribution is 1.93. The minimum absolute atomic E-state index is 0.120. The van der Waals surface area contributed by atoms with Crippen molar-refractivity contribution in [1.82, 2.24) is 0 Å². The van der Waals surface area contributed by atoms with Gasteiger partial charge in [-0.1, -0.05) is 0 Å². The zero-order chi connectivity index (χ0) is 5.70. The summed E-state index contributed by atoms with van der Waals surface area (Å²) in [5, 5.41) is 16.5. The van der Waals surface area contributed by atoms with Crippen LogP contribution in [0.25, 0.3) is 0 Å². The molecule has 0 aromatic heterocycles. The van der Waals surface area contributed by atoms with Gasteiger partial charge in [0.05, 0.1) is 18.9 Å². The van der Waals surface area contributed by atoms with Crippen molar-refractivity contribution in [2.75, 3.05) is 12.8 Å². The first kappa shape index (κ1) is 7.02. The standard InChI is InChI=1S/C3H7O3P/c4-1-3(5)2-7-6/h3-5H,1-2H2. The first-order chi connectivity index (χ1) is 3.31. The maximum Gasteiger partial charge on any atom is 0.158 e. The van der Waals surface area contributed by atoms with Crippen LogP contribution >= 0.6 is 8.46 Å². The fraction of sp³-hybridized carbons (Fsp3) is 1.00. The molecule has 0 amide bonds. The van der Waals surface area contributed by atoms with Crippen molar-refractivity contribution in [3.63, 3.8) is 0 Å². The Bertz CT molecular complexity index is 56.1. The van der Waals surface area contributed by atoms with Gasteiger partial charge in [0, 0.05) is 0 Å². The largest absolute Gasteiger partial charge is 0.394 e. The lowest BCUT2D eigenvalue weighted by molar-refractivity contribution is 0.113. The van der Waals surface area contributed by atoms with E-state index in [1.165, 1.54) is 0 Å². The lowest BCUT2D eigenvalue weighted by Gasteiger charge is -1.96. The Morgan fingerprint density at radius 3 is 2.43 bits per heavy atom. The molecule has 0 heterocycles. The Kier molecular flexibility index (Phi) is 4.20.